The molecule has 0 bridgehead atoms. The molecule has 1 aliphatic rings. The van der Waals surface area contributed by atoms with Crippen LogP contribution in [0.2, 0.25) is 0 Å². The Morgan fingerprint density at radius 1 is 1.25 bits per heavy atom. The van der Waals surface area contributed by atoms with E-state index < -0.39 is 0 Å². The Hall–Kier alpha value is -0.650. The molecule has 0 heteroatoms. The standard InChI is InChI=1S/C12H19/c1-3-4-5-6-7-12-9-8-11(2)10-12/h8-10H,3-7H2,1-2H3/q+1. The van der Waals surface area contributed by atoms with Crippen molar-refractivity contribution in [2.75, 3.05) is 0 Å². The minimum absolute atomic E-state index is 1.27. The maximum absolute atomic E-state index is 2.30. The molecule has 1 aliphatic carbocycles. The average Bonchev–Trinajstić information content (AvgIpc) is 2.45. The second kappa shape index (κ2) is 5.08. The summed E-state index contributed by atoms with van der Waals surface area (Å²) < 4.78 is 0. The maximum Gasteiger partial charge on any atom is 0.0934 e. The van der Waals surface area contributed by atoms with Gasteiger partial charge in [0.1, 0.15) is 0 Å². The first-order valence-corrected chi connectivity index (χ1v) is 5.05. The number of allylic oxidation sites excluding steroid dienone is 4. The molecule has 0 heterocycles. The Kier molecular flexibility index (Phi) is 3.99. The summed E-state index contributed by atoms with van der Waals surface area (Å²) in [6.07, 6.45) is 13.5. The number of hydrogen-bond donors (Lipinski definition) is 0. The third-order valence-electron chi connectivity index (χ3n) is 2.29. The van der Waals surface area contributed by atoms with E-state index in [9.17, 15) is 0 Å². The van der Waals surface area contributed by atoms with Crippen molar-refractivity contribution >= 4 is 0 Å². The van der Waals surface area contributed by atoms with Crippen molar-refractivity contribution in [3.8, 4) is 0 Å². The van der Waals surface area contributed by atoms with Crippen LogP contribution in [0.1, 0.15) is 46.0 Å². The first kappa shape index (κ1) is 9.44. The average molecular weight is 163 g/mol. The predicted molar refractivity (Wildman–Crippen MR) is 54.9 cm³/mol. The lowest BCUT2D eigenvalue weighted by Crippen LogP contribution is -1.79. The number of rotatable bonds is 5. The van der Waals surface area contributed by atoms with Gasteiger partial charge in [0.05, 0.1) is 29.7 Å². The molecule has 0 aromatic heterocycles. The lowest BCUT2D eigenvalue weighted by molar-refractivity contribution is 0.668. The van der Waals surface area contributed by atoms with Gasteiger partial charge in [0.2, 0.25) is 0 Å². The topological polar surface area (TPSA) is 0 Å². The zero-order valence-corrected chi connectivity index (χ0v) is 8.27. The first-order valence-electron chi connectivity index (χ1n) is 5.05. The van der Waals surface area contributed by atoms with Crippen LogP contribution >= 0.6 is 0 Å². The second-order valence-electron chi connectivity index (χ2n) is 3.61. The predicted octanol–water partition coefficient (Wildman–Crippen LogP) is 4.05. The molecular weight excluding hydrogens is 144 g/mol. The minimum atomic E-state index is 1.27. The molecule has 12 heavy (non-hydrogen) atoms. The van der Waals surface area contributed by atoms with Gasteiger partial charge in [-0.3, -0.25) is 0 Å². The van der Waals surface area contributed by atoms with Crippen LogP contribution in [0.5, 0.6) is 0 Å². The Labute approximate surface area is 76.4 Å². The van der Waals surface area contributed by atoms with Crippen molar-refractivity contribution in [2.24, 2.45) is 0 Å². The van der Waals surface area contributed by atoms with Gasteiger partial charge in [-0.25, -0.2) is 0 Å². The van der Waals surface area contributed by atoms with Gasteiger partial charge < -0.3 is 0 Å². The fourth-order valence-corrected chi connectivity index (χ4v) is 1.54. The maximum atomic E-state index is 2.30. The first-order chi connectivity index (χ1) is 5.83. The molecular formula is C12H19+. The molecule has 1 rings (SSSR count). The molecule has 0 aliphatic heterocycles. The van der Waals surface area contributed by atoms with E-state index in [1.807, 2.05) is 0 Å². The molecule has 0 aromatic carbocycles. The van der Waals surface area contributed by atoms with E-state index in [1.165, 1.54) is 43.6 Å². The van der Waals surface area contributed by atoms with Gasteiger partial charge in [0.25, 0.3) is 0 Å². The molecule has 0 atom stereocenters. The van der Waals surface area contributed by atoms with Gasteiger partial charge in [-0.05, 0) is 6.42 Å². The van der Waals surface area contributed by atoms with Crippen molar-refractivity contribution in [1.82, 2.24) is 0 Å². The summed E-state index contributed by atoms with van der Waals surface area (Å²) in [5.74, 6) is 1.40. The Morgan fingerprint density at radius 3 is 2.67 bits per heavy atom. The molecule has 0 saturated heterocycles. The molecule has 0 aromatic rings. The molecule has 0 amide bonds. The third-order valence-corrected chi connectivity index (χ3v) is 2.29. The monoisotopic (exact) mass is 163 g/mol. The number of hydrogen-bond acceptors (Lipinski definition) is 0. The fraction of sp³-hybridized carbons (Fsp3) is 0.583. The van der Waals surface area contributed by atoms with Crippen LogP contribution in [0.3, 0.4) is 0 Å². The van der Waals surface area contributed by atoms with Crippen molar-refractivity contribution in [3.63, 3.8) is 0 Å². The van der Waals surface area contributed by atoms with Gasteiger partial charge in [-0.1, -0.05) is 26.2 Å². The van der Waals surface area contributed by atoms with Gasteiger partial charge in [0.15, 0.2) is 0 Å². The van der Waals surface area contributed by atoms with Gasteiger partial charge in [-0.15, -0.1) is 0 Å². The minimum Gasteiger partial charge on any atom is -0.0654 e. The highest BCUT2D eigenvalue weighted by molar-refractivity contribution is 5.39. The smallest absolute Gasteiger partial charge is 0.0654 e. The SMILES string of the molecule is CCCCCCC1=C[C+](C)C=C1. The van der Waals surface area contributed by atoms with Crippen molar-refractivity contribution in [1.29, 1.82) is 0 Å². The van der Waals surface area contributed by atoms with E-state index in [2.05, 4.69) is 32.1 Å². The van der Waals surface area contributed by atoms with E-state index in [0.717, 1.165) is 0 Å². The van der Waals surface area contributed by atoms with Crippen molar-refractivity contribution in [3.05, 3.63) is 29.7 Å². The Morgan fingerprint density at radius 2 is 2.08 bits per heavy atom. The largest absolute Gasteiger partial charge is 0.0934 e. The van der Waals surface area contributed by atoms with Crippen LogP contribution in [0.4, 0.5) is 0 Å². The highest BCUT2D eigenvalue weighted by atomic mass is 14.1. The lowest BCUT2D eigenvalue weighted by atomic mass is 10.1. The van der Waals surface area contributed by atoms with E-state index in [1.54, 1.807) is 0 Å². The molecule has 66 valence electrons. The van der Waals surface area contributed by atoms with Crippen LogP contribution < -0.4 is 0 Å². The summed E-state index contributed by atoms with van der Waals surface area (Å²) in [6.45, 7) is 4.42. The fourth-order valence-electron chi connectivity index (χ4n) is 1.54. The summed E-state index contributed by atoms with van der Waals surface area (Å²) in [5.41, 5.74) is 1.52. The molecule has 0 nitrogen and oxygen atoms in total. The lowest BCUT2D eigenvalue weighted by Gasteiger charge is -1.94. The molecule has 0 fully saturated rings. The summed E-state index contributed by atoms with van der Waals surface area (Å²) in [7, 11) is 0. The van der Waals surface area contributed by atoms with E-state index in [-0.39, 0.29) is 0 Å². The normalized spacial score (nSPS) is 15.5. The van der Waals surface area contributed by atoms with Gasteiger partial charge in [0, 0.05) is 13.3 Å². The van der Waals surface area contributed by atoms with E-state index in [0.29, 0.717) is 0 Å². The van der Waals surface area contributed by atoms with Gasteiger partial charge in [-0.2, -0.15) is 0 Å². The van der Waals surface area contributed by atoms with E-state index in [4.69, 9.17) is 0 Å². The van der Waals surface area contributed by atoms with Gasteiger partial charge >= 0.3 is 0 Å². The van der Waals surface area contributed by atoms with Crippen LogP contribution in [0, 0.1) is 5.92 Å². The van der Waals surface area contributed by atoms with E-state index >= 15 is 0 Å². The molecule has 0 unspecified atom stereocenters. The summed E-state index contributed by atoms with van der Waals surface area (Å²) in [5, 5.41) is 0. The summed E-state index contributed by atoms with van der Waals surface area (Å²) >= 11 is 0. The molecule has 0 spiro atoms. The Balaban J connectivity index is 2.08. The highest BCUT2D eigenvalue weighted by Gasteiger charge is 2.12. The van der Waals surface area contributed by atoms with Crippen molar-refractivity contribution in [2.45, 2.75) is 46.0 Å². The quantitative estimate of drug-likeness (QED) is 0.423. The molecule has 0 N–H and O–H groups in total. The van der Waals surface area contributed by atoms with Crippen LogP contribution in [-0.4, -0.2) is 0 Å². The highest BCUT2D eigenvalue weighted by Crippen LogP contribution is 2.21. The van der Waals surface area contributed by atoms with Crippen LogP contribution in [0.15, 0.2) is 23.8 Å². The zero-order chi connectivity index (χ0) is 8.81. The summed E-state index contributed by atoms with van der Waals surface area (Å²) in [6, 6.07) is 0. The Bertz CT molecular complexity index is 174. The zero-order valence-electron chi connectivity index (χ0n) is 8.27. The van der Waals surface area contributed by atoms with Crippen LogP contribution in [0.25, 0.3) is 0 Å². The van der Waals surface area contributed by atoms with Crippen LogP contribution in [-0.2, 0) is 0 Å². The third kappa shape index (κ3) is 3.17. The number of unbranched alkanes of at least 4 members (excludes halogenated alkanes) is 3. The van der Waals surface area contributed by atoms with Crippen molar-refractivity contribution < 1.29 is 0 Å². The summed E-state index contributed by atoms with van der Waals surface area (Å²) in [4.78, 5) is 0. The molecule has 0 radical (unpaired) electrons. The molecule has 0 saturated carbocycles. The second-order valence-corrected chi connectivity index (χ2v) is 3.61.